The Bertz CT molecular complexity index is 988. The van der Waals surface area contributed by atoms with Crippen LogP contribution in [0.5, 0.6) is 0 Å². The maximum absolute atomic E-state index is 12.5. The van der Waals surface area contributed by atoms with E-state index >= 15 is 0 Å². The SMILES string of the molecule is CN(C(=O)OC(C)(C)C)[C@H]1CCCN(c2ccnc3[nH]cc(-c4cn[nH]c4)c23)C1. The molecule has 8 nitrogen and oxygen atoms in total. The van der Waals surface area contributed by atoms with E-state index < -0.39 is 5.60 Å². The first-order chi connectivity index (χ1) is 13.8. The van der Waals surface area contributed by atoms with E-state index in [1.54, 1.807) is 4.90 Å². The molecular formula is C21H28N6O2. The van der Waals surface area contributed by atoms with Crippen LogP contribution in [0.15, 0.2) is 30.9 Å². The van der Waals surface area contributed by atoms with Crippen molar-refractivity contribution in [1.29, 1.82) is 0 Å². The number of likely N-dealkylation sites (N-methyl/N-ethyl adjacent to an activating group) is 1. The number of amides is 1. The molecule has 3 aromatic heterocycles. The molecule has 1 aliphatic rings. The Labute approximate surface area is 170 Å². The molecule has 0 spiro atoms. The summed E-state index contributed by atoms with van der Waals surface area (Å²) in [5.74, 6) is 0. The van der Waals surface area contributed by atoms with Crippen LogP contribution in [0.3, 0.4) is 0 Å². The van der Waals surface area contributed by atoms with Crippen LogP contribution in [0.4, 0.5) is 10.5 Å². The number of ether oxygens (including phenoxy) is 1. The van der Waals surface area contributed by atoms with Gasteiger partial charge in [0.25, 0.3) is 0 Å². The Hall–Kier alpha value is -3.03. The van der Waals surface area contributed by atoms with Gasteiger partial charge in [-0.15, -0.1) is 0 Å². The van der Waals surface area contributed by atoms with Crippen molar-refractivity contribution in [3.63, 3.8) is 0 Å². The number of nitrogens with one attached hydrogen (secondary N) is 2. The minimum absolute atomic E-state index is 0.0955. The number of piperidine rings is 1. The highest BCUT2D eigenvalue weighted by Gasteiger charge is 2.30. The predicted octanol–water partition coefficient (Wildman–Crippen LogP) is 3.79. The second-order valence-electron chi connectivity index (χ2n) is 8.58. The van der Waals surface area contributed by atoms with E-state index in [9.17, 15) is 4.79 Å². The first-order valence-corrected chi connectivity index (χ1v) is 9.99. The van der Waals surface area contributed by atoms with Crippen LogP contribution in [0.1, 0.15) is 33.6 Å². The van der Waals surface area contributed by atoms with Gasteiger partial charge in [0, 0.05) is 55.5 Å². The smallest absolute Gasteiger partial charge is 0.410 e. The molecule has 2 N–H and O–H groups in total. The summed E-state index contributed by atoms with van der Waals surface area (Å²) >= 11 is 0. The highest BCUT2D eigenvalue weighted by Crippen LogP contribution is 2.36. The zero-order chi connectivity index (χ0) is 20.6. The van der Waals surface area contributed by atoms with E-state index in [4.69, 9.17) is 4.74 Å². The van der Waals surface area contributed by atoms with Gasteiger partial charge in [-0.1, -0.05) is 0 Å². The van der Waals surface area contributed by atoms with E-state index in [0.717, 1.165) is 53.8 Å². The number of aromatic nitrogens is 4. The van der Waals surface area contributed by atoms with Gasteiger partial charge < -0.3 is 19.5 Å². The minimum Gasteiger partial charge on any atom is -0.444 e. The summed E-state index contributed by atoms with van der Waals surface area (Å²) in [6.45, 7) is 7.37. The van der Waals surface area contributed by atoms with E-state index in [-0.39, 0.29) is 12.1 Å². The predicted molar refractivity (Wildman–Crippen MR) is 113 cm³/mol. The molecule has 0 bridgehead atoms. The van der Waals surface area contributed by atoms with Crippen LogP contribution < -0.4 is 4.90 Å². The van der Waals surface area contributed by atoms with Crippen molar-refractivity contribution in [2.75, 3.05) is 25.0 Å². The van der Waals surface area contributed by atoms with Crippen LogP contribution in [-0.2, 0) is 4.74 Å². The largest absolute Gasteiger partial charge is 0.444 e. The number of hydrogen-bond donors (Lipinski definition) is 2. The number of nitrogens with zero attached hydrogens (tertiary/aromatic N) is 4. The fourth-order valence-electron chi connectivity index (χ4n) is 3.90. The average Bonchev–Trinajstić information content (AvgIpc) is 3.35. The first kappa shape index (κ1) is 19.3. The van der Waals surface area contributed by atoms with Gasteiger partial charge in [0.2, 0.25) is 0 Å². The van der Waals surface area contributed by atoms with Crippen molar-refractivity contribution in [2.45, 2.75) is 45.3 Å². The third-order valence-electron chi connectivity index (χ3n) is 5.33. The summed E-state index contributed by atoms with van der Waals surface area (Å²) in [5, 5.41) is 8.04. The summed E-state index contributed by atoms with van der Waals surface area (Å²) in [5.41, 5.74) is 3.56. The molecule has 4 heterocycles. The van der Waals surface area contributed by atoms with Gasteiger partial charge in [-0.2, -0.15) is 5.10 Å². The number of pyridine rings is 1. The van der Waals surface area contributed by atoms with E-state index in [2.05, 4.69) is 31.1 Å². The molecule has 8 heteroatoms. The summed E-state index contributed by atoms with van der Waals surface area (Å²) in [6.07, 6.45) is 9.19. The number of H-pyrrole nitrogens is 2. The van der Waals surface area contributed by atoms with Crippen LogP contribution in [0, 0.1) is 0 Å². The molecule has 1 aliphatic heterocycles. The van der Waals surface area contributed by atoms with Crippen molar-refractivity contribution in [3.8, 4) is 11.1 Å². The van der Waals surface area contributed by atoms with Gasteiger partial charge in [-0.3, -0.25) is 5.10 Å². The highest BCUT2D eigenvalue weighted by molar-refractivity contribution is 6.02. The van der Waals surface area contributed by atoms with Crippen molar-refractivity contribution < 1.29 is 9.53 Å². The summed E-state index contributed by atoms with van der Waals surface area (Å²) < 4.78 is 5.56. The Balaban J connectivity index is 1.61. The maximum Gasteiger partial charge on any atom is 0.410 e. The van der Waals surface area contributed by atoms with E-state index in [1.165, 1.54) is 0 Å². The van der Waals surface area contributed by atoms with E-state index in [1.807, 2.05) is 52.6 Å². The Morgan fingerprint density at radius 2 is 2.17 bits per heavy atom. The fourth-order valence-corrected chi connectivity index (χ4v) is 3.90. The molecule has 1 saturated heterocycles. The summed E-state index contributed by atoms with van der Waals surface area (Å²) in [4.78, 5) is 24.4. The lowest BCUT2D eigenvalue weighted by Crippen LogP contribution is -2.49. The number of anilines is 1. The standard InChI is InChI=1S/C21H28N6O2/c1-21(2,3)29-20(28)26(4)15-6-5-9-27(13-15)17-7-8-22-19-18(17)16(12-23-19)14-10-24-25-11-14/h7-8,10-12,15H,5-6,9,13H2,1-4H3,(H,22,23)(H,24,25)/t15-/m0/s1. The van der Waals surface area contributed by atoms with Crippen molar-refractivity contribution in [2.24, 2.45) is 0 Å². The van der Waals surface area contributed by atoms with Crippen LogP contribution >= 0.6 is 0 Å². The lowest BCUT2D eigenvalue weighted by molar-refractivity contribution is 0.0210. The number of carbonyl (C=O) groups is 1. The molecule has 154 valence electrons. The molecule has 1 atom stereocenters. The van der Waals surface area contributed by atoms with Gasteiger partial charge >= 0.3 is 6.09 Å². The molecule has 1 fully saturated rings. The van der Waals surface area contributed by atoms with Gasteiger partial charge in [-0.25, -0.2) is 9.78 Å². The van der Waals surface area contributed by atoms with Crippen LogP contribution in [0.25, 0.3) is 22.2 Å². The molecule has 0 saturated carbocycles. The van der Waals surface area contributed by atoms with Gasteiger partial charge in [-0.05, 0) is 39.7 Å². The second-order valence-corrected chi connectivity index (χ2v) is 8.58. The zero-order valence-electron chi connectivity index (χ0n) is 17.4. The lowest BCUT2D eigenvalue weighted by atomic mass is 10.0. The molecule has 0 aromatic carbocycles. The van der Waals surface area contributed by atoms with Gasteiger partial charge in [0.15, 0.2) is 0 Å². The molecule has 3 aromatic rings. The summed E-state index contributed by atoms with van der Waals surface area (Å²) in [6, 6.07) is 2.15. The molecule has 0 unspecified atom stereocenters. The fraction of sp³-hybridized carbons (Fsp3) is 0.476. The Kier molecular flexibility index (Phi) is 4.94. The molecule has 29 heavy (non-hydrogen) atoms. The highest BCUT2D eigenvalue weighted by atomic mass is 16.6. The quantitative estimate of drug-likeness (QED) is 0.703. The molecule has 0 aliphatic carbocycles. The number of rotatable bonds is 3. The van der Waals surface area contributed by atoms with Gasteiger partial charge in [0.05, 0.1) is 17.6 Å². The van der Waals surface area contributed by atoms with Crippen LogP contribution in [0.2, 0.25) is 0 Å². The van der Waals surface area contributed by atoms with Gasteiger partial charge in [0.1, 0.15) is 11.2 Å². The molecule has 1 amide bonds. The number of aromatic amines is 2. The summed E-state index contributed by atoms with van der Waals surface area (Å²) in [7, 11) is 1.83. The second kappa shape index (κ2) is 7.42. The molecule has 0 radical (unpaired) electrons. The Morgan fingerprint density at radius 3 is 2.90 bits per heavy atom. The Morgan fingerprint density at radius 1 is 1.34 bits per heavy atom. The maximum atomic E-state index is 12.5. The first-order valence-electron chi connectivity index (χ1n) is 9.99. The number of carbonyl (C=O) groups excluding carboxylic acids is 1. The normalized spacial score (nSPS) is 17.5. The topological polar surface area (TPSA) is 90.1 Å². The monoisotopic (exact) mass is 396 g/mol. The zero-order valence-corrected chi connectivity index (χ0v) is 17.4. The third kappa shape index (κ3) is 3.92. The molecule has 4 rings (SSSR count). The van der Waals surface area contributed by atoms with Crippen molar-refractivity contribution in [3.05, 3.63) is 30.9 Å². The lowest BCUT2D eigenvalue weighted by Gasteiger charge is -2.39. The van der Waals surface area contributed by atoms with E-state index in [0.29, 0.717) is 0 Å². The van der Waals surface area contributed by atoms with Crippen molar-refractivity contribution in [1.82, 2.24) is 25.1 Å². The van der Waals surface area contributed by atoms with Crippen LogP contribution in [-0.4, -0.2) is 62.9 Å². The number of fused-ring (bicyclic) bond motifs is 1. The third-order valence-corrected chi connectivity index (χ3v) is 5.33. The van der Waals surface area contributed by atoms with Crippen molar-refractivity contribution >= 4 is 22.8 Å². The molecular weight excluding hydrogens is 368 g/mol. The average molecular weight is 396 g/mol. The number of hydrogen-bond acceptors (Lipinski definition) is 5. The minimum atomic E-state index is -0.498.